The average Bonchev–Trinajstić information content (AvgIpc) is 3.66. The van der Waals surface area contributed by atoms with E-state index in [1.807, 2.05) is 0 Å². The molecule has 2 heteroatoms. The summed E-state index contributed by atoms with van der Waals surface area (Å²) in [6, 6.07) is 84.4. The molecule has 60 heavy (non-hydrogen) atoms. The third kappa shape index (κ3) is 5.35. The van der Waals surface area contributed by atoms with Gasteiger partial charge in [0.2, 0.25) is 0 Å². The fourth-order valence-electron chi connectivity index (χ4n) is 9.73. The van der Waals surface area contributed by atoms with Gasteiger partial charge in [-0.1, -0.05) is 176 Å². The van der Waals surface area contributed by atoms with Gasteiger partial charge in [0.05, 0.1) is 16.7 Å². The van der Waals surface area contributed by atoms with Crippen LogP contribution in [0, 0.1) is 0 Å². The maximum Gasteiger partial charge on any atom is 0.0546 e. The van der Waals surface area contributed by atoms with Crippen LogP contribution < -0.4 is 4.90 Å². The number of benzene rings is 11. The van der Waals surface area contributed by atoms with Gasteiger partial charge >= 0.3 is 0 Å². The lowest BCUT2D eigenvalue weighted by molar-refractivity contribution is 1.18. The summed E-state index contributed by atoms with van der Waals surface area (Å²) in [5, 5.41) is 12.3. The molecule has 0 amide bonds. The van der Waals surface area contributed by atoms with Crippen molar-refractivity contribution < 1.29 is 0 Å². The molecule has 0 N–H and O–H groups in total. The molecule has 2 nitrogen and oxygen atoms in total. The van der Waals surface area contributed by atoms with Crippen LogP contribution in [0.3, 0.4) is 0 Å². The van der Waals surface area contributed by atoms with Crippen LogP contribution in [-0.2, 0) is 0 Å². The number of hydrogen-bond donors (Lipinski definition) is 0. The maximum absolute atomic E-state index is 2.49. The number of nitrogens with zero attached hydrogens (tertiary/aromatic N) is 2. The Hall–Kier alpha value is -7.94. The Morgan fingerprint density at radius 1 is 0.283 bits per heavy atom. The van der Waals surface area contributed by atoms with Gasteiger partial charge in [0.1, 0.15) is 0 Å². The van der Waals surface area contributed by atoms with E-state index in [1.54, 1.807) is 0 Å². The normalized spacial score (nSPS) is 11.7. The molecule has 0 fully saturated rings. The molecule has 0 bridgehead atoms. The van der Waals surface area contributed by atoms with E-state index in [4.69, 9.17) is 0 Å². The highest BCUT2D eigenvalue weighted by Gasteiger charge is 2.23. The summed E-state index contributed by atoms with van der Waals surface area (Å²) in [5.41, 5.74) is 11.7. The SMILES string of the molecule is c1ccc(-c2c(-c3ccccc3)c3cc(N(c4ccc5c(c4)c4ccccc4n5-c4ccccc4)c4cc5ccccc5c5ccccc45)ccc3c3ccccc23)cc1. The molecule has 0 saturated carbocycles. The molecule has 12 aromatic rings. The Morgan fingerprint density at radius 2 is 0.750 bits per heavy atom. The molecule has 0 atom stereocenters. The summed E-state index contributed by atoms with van der Waals surface area (Å²) in [7, 11) is 0. The number of aromatic nitrogens is 1. The monoisotopic (exact) mass is 762 g/mol. The Kier molecular flexibility index (Phi) is 7.89. The lowest BCUT2D eigenvalue weighted by atomic mass is 9.85. The van der Waals surface area contributed by atoms with Crippen molar-refractivity contribution in [3.05, 3.63) is 231 Å². The fraction of sp³-hybridized carbons (Fsp3) is 0. The van der Waals surface area contributed by atoms with Crippen molar-refractivity contribution in [2.24, 2.45) is 0 Å². The van der Waals surface area contributed by atoms with E-state index >= 15 is 0 Å². The zero-order chi connectivity index (χ0) is 39.6. The second kappa shape index (κ2) is 13.9. The molecular weight excluding hydrogens is 725 g/mol. The predicted octanol–water partition coefficient (Wildman–Crippen LogP) is 16.2. The number of para-hydroxylation sites is 2. The summed E-state index contributed by atoms with van der Waals surface area (Å²) in [6.07, 6.45) is 0. The van der Waals surface area contributed by atoms with Crippen molar-refractivity contribution in [1.29, 1.82) is 0 Å². The summed E-state index contributed by atoms with van der Waals surface area (Å²) < 4.78 is 2.39. The number of fused-ring (bicyclic) bond motifs is 9. The molecule has 0 aliphatic rings. The topological polar surface area (TPSA) is 8.17 Å². The largest absolute Gasteiger partial charge is 0.310 e. The van der Waals surface area contributed by atoms with Gasteiger partial charge in [-0.3, -0.25) is 0 Å². The van der Waals surface area contributed by atoms with Crippen LogP contribution in [0.1, 0.15) is 0 Å². The molecule has 0 spiro atoms. The fourth-order valence-corrected chi connectivity index (χ4v) is 9.73. The van der Waals surface area contributed by atoms with Gasteiger partial charge in [0.25, 0.3) is 0 Å². The van der Waals surface area contributed by atoms with E-state index in [0.29, 0.717) is 0 Å². The van der Waals surface area contributed by atoms with Gasteiger partial charge in [-0.15, -0.1) is 0 Å². The molecule has 1 heterocycles. The van der Waals surface area contributed by atoms with E-state index in [2.05, 4.69) is 240 Å². The average molecular weight is 763 g/mol. The summed E-state index contributed by atoms with van der Waals surface area (Å²) in [6.45, 7) is 0. The van der Waals surface area contributed by atoms with Gasteiger partial charge < -0.3 is 9.47 Å². The smallest absolute Gasteiger partial charge is 0.0546 e. The highest BCUT2D eigenvalue weighted by atomic mass is 15.1. The Balaban J connectivity index is 1.20. The molecule has 12 rings (SSSR count). The van der Waals surface area contributed by atoms with Gasteiger partial charge in [-0.2, -0.15) is 0 Å². The van der Waals surface area contributed by atoms with Crippen molar-refractivity contribution >= 4 is 82.0 Å². The van der Waals surface area contributed by atoms with E-state index in [9.17, 15) is 0 Å². The lowest BCUT2D eigenvalue weighted by Crippen LogP contribution is -2.11. The quantitative estimate of drug-likeness (QED) is 0.153. The van der Waals surface area contributed by atoms with E-state index in [-0.39, 0.29) is 0 Å². The van der Waals surface area contributed by atoms with Crippen molar-refractivity contribution in [2.45, 2.75) is 0 Å². The van der Waals surface area contributed by atoms with E-state index in [1.165, 1.54) is 87.1 Å². The number of hydrogen-bond acceptors (Lipinski definition) is 1. The van der Waals surface area contributed by atoms with Crippen molar-refractivity contribution in [3.63, 3.8) is 0 Å². The lowest BCUT2D eigenvalue weighted by Gasteiger charge is -2.29. The first-order chi connectivity index (χ1) is 29.8. The predicted molar refractivity (Wildman–Crippen MR) is 256 cm³/mol. The summed E-state index contributed by atoms with van der Waals surface area (Å²) >= 11 is 0. The van der Waals surface area contributed by atoms with Gasteiger partial charge in [0.15, 0.2) is 0 Å². The van der Waals surface area contributed by atoms with Gasteiger partial charge in [0, 0.05) is 33.2 Å². The molecule has 0 saturated heterocycles. The minimum atomic E-state index is 1.10. The highest BCUT2D eigenvalue weighted by molar-refractivity contribution is 6.23. The number of anilines is 3. The molecule has 0 aliphatic carbocycles. The standard InChI is InChI=1S/C58H38N2/c1-4-18-39(19-5-1)57-51-30-15-13-27-47(51)48-34-32-43(38-53(48)58(57)40-20-6-2-7-21-40)59(56-36-41-22-10-11-25-45(41)46-26-12-14-28-49(46)56)44-33-35-55-52(37-44)50-29-16-17-31-54(50)60(55)42-23-8-3-9-24-42/h1-38H. The van der Waals surface area contributed by atoms with Crippen LogP contribution in [0.2, 0.25) is 0 Å². The molecule has 0 unspecified atom stereocenters. The molecule has 11 aromatic carbocycles. The van der Waals surface area contributed by atoms with Crippen LogP contribution >= 0.6 is 0 Å². The first-order valence-corrected chi connectivity index (χ1v) is 20.7. The van der Waals surface area contributed by atoms with Crippen molar-refractivity contribution in [1.82, 2.24) is 4.57 Å². The third-order valence-corrected chi connectivity index (χ3v) is 12.3. The highest BCUT2D eigenvalue weighted by Crippen LogP contribution is 2.49. The Labute approximate surface area is 348 Å². The first kappa shape index (κ1) is 34.1. The van der Waals surface area contributed by atoms with E-state index in [0.717, 1.165) is 22.7 Å². The third-order valence-electron chi connectivity index (χ3n) is 12.3. The maximum atomic E-state index is 2.49. The second-order valence-corrected chi connectivity index (χ2v) is 15.6. The van der Waals surface area contributed by atoms with E-state index < -0.39 is 0 Å². The number of rotatable bonds is 6. The zero-order valence-corrected chi connectivity index (χ0v) is 32.8. The second-order valence-electron chi connectivity index (χ2n) is 15.6. The molecule has 0 aliphatic heterocycles. The molecule has 0 radical (unpaired) electrons. The first-order valence-electron chi connectivity index (χ1n) is 20.7. The minimum absolute atomic E-state index is 1.10. The zero-order valence-electron chi connectivity index (χ0n) is 32.8. The minimum Gasteiger partial charge on any atom is -0.310 e. The van der Waals surface area contributed by atoms with Gasteiger partial charge in [-0.25, -0.2) is 0 Å². The van der Waals surface area contributed by atoms with Crippen LogP contribution in [-0.4, -0.2) is 4.57 Å². The molecular formula is C58H38N2. The Morgan fingerprint density at radius 3 is 1.45 bits per heavy atom. The molecule has 280 valence electrons. The van der Waals surface area contributed by atoms with Crippen molar-refractivity contribution in [3.8, 4) is 27.9 Å². The molecule has 1 aromatic heterocycles. The Bertz CT molecular complexity index is 3590. The van der Waals surface area contributed by atoms with Crippen LogP contribution in [0.15, 0.2) is 231 Å². The van der Waals surface area contributed by atoms with Gasteiger partial charge in [-0.05, 0) is 115 Å². The van der Waals surface area contributed by atoms with Crippen LogP contribution in [0.4, 0.5) is 17.1 Å². The van der Waals surface area contributed by atoms with Crippen LogP contribution in [0.5, 0.6) is 0 Å². The van der Waals surface area contributed by atoms with Crippen LogP contribution in [0.25, 0.3) is 92.8 Å². The van der Waals surface area contributed by atoms with Crippen molar-refractivity contribution in [2.75, 3.05) is 4.90 Å². The summed E-state index contributed by atoms with van der Waals surface area (Å²) in [4.78, 5) is 2.49. The summed E-state index contributed by atoms with van der Waals surface area (Å²) in [5.74, 6) is 0.